The number of hydrogen-bond acceptors (Lipinski definition) is 3. The first-order chi connectivity index (χ1) is 8.67. The van der Waals surface area contributed by atoms with Crippen molar-refractivity contribution in [2.75, 3.05) is 7.11 Å². The highest BCUT2D eigenvalue weighted by Crippen LogP contribution is 2.29. The summed E-state index contributed by atoms with van der Waals surface area (Å²) in [5.41, 5.74) is 1.14. The SMILES string of the molecule is CCc1occc1C(O)c1ccc(OC)c(F)c1. The third-order valence-electron chi connectivity index (χ3n) is 2.89. The molecule has 0 bridgehead atoms. The summed E-state index contributed by atoms with van der Waals surface area (Å²) in [7, 11) is 1.40. The van der Waals surface area contributed by atoms with E-state index in [1.807, 2.05) is 6.92 Å². The monoisotopic (exact) mass is 250 g/mol. The molecule has 2 rings (SSSR count). The fraction of sp³-hybridized carbons (Fsp3) is 0.286. The van der Waals surface area contributed by atoms with Gasteiger partial charge in [0, 0.05) is 12.0 Å². The van der Waals surface area contributed by atoms with Gasteiger partial charge in [0.05, 0.1) is 13.4 Å². The van der Waals surface area contributed by atoms with E-state index < -0.39 is 11.9 Å². The Morgan fingerprint density at radius 2 is 2.17 bits per heavy atom. The molecule has 3 nitrogen and oxygen atoms in total. The van der Waals surface area contributed by atoms with Crippen molar-refractivity contribution in [3.05, 3.63) is 53.2 Å². The highest BCUT2D eigenvalue weighted by molar-refractivity contribution is 5.36. The predicted molar refractivity (Wildman–Crippen MR) is 65.1 cm³/mol. The first-order valence-corrected chi connectivity index (χ1v) is 5.75. The summed E-state index contributed by atoms with van der Waals surface area (Å²) in [5.74, 6) is 0.378. The van der Waals surface area contributed by atoms with Gasteiger partial charge in [0.1, 0.15) is 11.9 Å². The predicted octanol–water partition coefficient (Wildman–Crippen LogP) is 3.07. The third kappa shape index (κ3) is 2.24. The van der Waals surface area contributed by atoms with Crippen LogP contribution in [0.25, 0.3) is 0 Å². The van der Waals surface area contributed by atoms with Crippen molar-refractivity contribution >= 4 is 0 Å². The first-order valence-electron chi connectivity index (χ1n) is 5.75. The average Bonchev–Trinajstić information content (AvgIpc) is 2.86. The van der Waals surface area contributed by atoms with Gasteiger partial charge in [-0.25, -0.2) is 4.39 Å². The zero-order valence-electron chi connectivity index (χ0n) is 10.3. The minimum atomic E-state index is -0.890. The molecule has 1 N–H and O–H groups in total. The van der Waals surface area contributed by atoms with Crippen LogP contribution in [-0.4, -0.2) is 12.2 Å². The average molecular weight is 250 g/mol. The van der Waals surface area contributed by atoms with E-state index in [2.05, 4.69) is 0 Å². The summed E-state index contributed by atoms with van der Waals surface area (Å²) >= 11 is 0. The van der Waals surface area contributed by atoms with Gasteiger partial charge in [-0.1, -0.05) is 13.0 Å². The Bertz CT molecular complexity index is 534. The smallest absolute Gasteiger partial charge is 0.165 e. The van der Waals surface area contributed by atoms with Gasteiger partial charge in [0.25, 0.3) is 0 Å². The number of methoxy groups -OCH3 is 1. The van der Waals surface area contributed by atoms with E-state index in [4.69, 9.17) is 9.15 Å². The molecule has 1 aromatic carbocycles. The molecule has 4 heteroatoms. The Balaban J connectivity index is 2.34. The molecule has 0 saturated carbocycles. The van der Waals surface area contributed by atoms with Crippen molar-refractivity contribution in [1.29, 1.82) is 0 Å². The summed E-state index contributed by atoms with van der Waals surface area (Å²) in [6.07, 6.45) is 1.31. The maximum Gasteiger partial charge on any atom is 0.165 e. The first kappa shape index (κ1) is 12.6. The molecular formula is C14H15FO3. The molecule has 0 amide bonds. The lowest BCUT2D eigenvalue weighted by Crippen LogP contribution is -2.02. The van der Waals surface area contributed by atoms with Crippen LogP contribution in [0, 0.1) is 5.82 Å². The van der Waals surface area contributed by atoms with E-state index in [0.717, 1.165) is 0 Å². The number of aryl methyl sites for hydroxylation is 1. The molecular weight excluding hydrogens is 235 g/mol. The van der Waals surface area contributed by atoms with Crippen LogP contribution in [0.4, 0.5) is 4.39 Å². The van der Waals surface area contributed by atoms with Gasteiger partial charge in [-0.3, -0.25) is 0 Å². The second-order valence-electron chi connectivity index (χ2n) is 3.95. The summed E-state index contributed by atoms with van der Waals surface area (Å²) in [6.45, 7) is 1.93. The molecule has 1 heterocycles. The summed E-state index contributed by atoms with van der Waals surface area (Å²) < 4.78 is 23.7. The third-order valence-corrected chi connectivity index (χ3v) is 2.89. The molecule has 1 aromatic heterocycles. The Kier molecular flexibility index (Phi) is 3.67. The minimum Gasteiger partial charge on any atom is -0.494 e. The van der Waals surface area contributed by atoms with Crippen molar-refractivity contribution in [3.8, 4) is 5.75 Å². The summed E-state index contributed by atoms with van der Waals surface area (Å²) in [4.78, 5) is 0. The van der Waals surface area contributed by atoms with Crippen LogP contribution in [-0.2, 0) is 6.42 Å². The van der Waals surface area contributed by atoms with Crippen molar-refractivity contribution in [2.45, 2.75) is 19.4 Å². The van der Waals surface area contributed by atoms with E-state index in [9.17, 15) is 9.50 Å². The number of halogens is 1. The van der Waals surface area contributed by atoms with E-state index >= 15 is 0 Å². The molecule has 0 aliphatic heterocycles. The van der Waals surface area contributed by atoms with E-state index in [1.54, 1.807) is 12.1 Å². The number of furan rings is 1. The van der Waals surface area contributed by atoms with Crippen molar-refractivity contribution in [2.24, 2.45) is 0 Å². The number of hydrogen-bond donors (Lipinski definition) is 1. The molecule has 0 aliphatic carbocycles. The van der Waals surface area contributed by atoms with Crippen LogP contribution in [0.3, 0.4) is 0 Å². The molecule has 0 fully saturated rings. The molecule has 0 saturated heterocycles. The van der Waals surface area contributed by atoms with Gasteiger partial charge in [0.2, 0.25) is 0 Å². The summed E-state index contributed by atoms with van der Waals surface area (Å²) in [6, 6.07) is 6.11. The molecule has 0 aliphatic rings. The van der Waals surface area contributed by atoms with Crippen LogP contribution in [0.15, 0.2) is 34.9 Å². The van der Waals surface area contributed by atoms with Crippen LogP contribution >= 0.6 is 0 Å². The standard InChI is InChI=1S/C14H15FO3/c1-3-12-10(6-7-18-12)14(16)9-4-5-13(17-2)11(15)8-9/h4-8,14,16H,3H2,1-2H3. The lowest BCUT2D eigenvalue weighted by Gasteiger charge is -2.12. The normalized spacial score (nSPS) is 12.4. The molecule has 1 unspecified atom stereocenters. The van der Waals surface area contributed by atoms with Gasteiger partial charge in [-0.15, -0.1) is 0 Å². The summed E-state index contributed by atoms with van der Waals surface area (Å²) in [5, 5.41) is 10.2. The Morgan fingerprint density at radius 3 is 2.78 bits per heavy atom. The lowest BCUT2D eigenvalue weighted by atomic mass is 10.0. The number of rotatable bonds is 4. The molecule has 2 aromatic rings. The van der Waals surface area contributed by atoms with Crippen molar-refractivity contribution in [3.63, 3.8) is 0 Å². The minimum absolute atomic E-state index is 0.161. The molecule has 18 heavy (non-hydrogen) atoms. The van der Waals surface area contributed by atoms with Crippen molar-refractivity contribution in [1.82, 2.24) is 0 Å². The highest BCUT2D eigenvalue weighted by Gasteiger charge is 2.17. The Labute approximate surface area is 105 Å². The van der Waals surface area contributed by atoms with Gasteiger partial charge in [-0.2, -0.15) is 0 Å². The van der Waals surface area contributed by atoms with E-state index in [1.165, 1.54) is 25.5 Å². The molecule has 1 atom stereocenters. The highest BCUT2D eigenvalue weighted by atomic mass is 19.1. The van der Waals surface area contributed by atoms with Crippen molar-refractivity contribution < 1.29 is 18.7 Å². The lowest BCUT2D eigenvalue weighted by molar-refractivity contribution is 0.216. The molecule has 0 spiro atoms. The molecule has 96 valence electrons. The van der Waals surface area contributed by atoms with Crippen LogP contribution in [0.5, 0.6) is 5.75 Å². The van der Waals surface area contributed by atoms with Crippen LogP contribution in [0.2, 0.25) is 0 Å². The topological polar surface area (TPSA) is 42.6 Å². The number of benzene rings is 1. The number of aliphatic hydroxyl groups excluding tert-OH is 1. The van der Waals surface area contributed by atoms with Crippen LogP contribution in [0.1, 0.15) is 29.9 Å². The largest absolute Gasteiger partial charge is 0.494 e. The Hall–Kier alpha value is -1.81. The zero-order valence-corrected chi connectivity index (χ0v) is 10.3. The fourth-order valence-electron chi connectivity index (χ4n) is 1.91. The van der Waals surface area contributed by atoms with Gasteiger partial charge < -0.3 is 14.3 Å². The maximum atomic E-state index is 13.6. The number of ether oxygens (including phenoxy) is 1. The maximum absolute atomic E-state index is 13.6. The second kappa shape index (κ2) is 5.23. The Morgan fingerprint density at radius 1 is 1.39 bits per heavy atom. The van der Waals surface area contributed by atoms with E-state index in [-0.39, 0.29) is 5.75 Å². The fourth-order valence-corrected chi connectivity index (χ4v) is 1.91. The van der Waals surface area contributed by atoms with E-state index in [0.29, 0.717) is 23.3 Å². The van der Waals surface area contributed by atoms with Gasteiger partial charge in [-0.05, 0) is 23.8 Å². The molecule has 0 radical (unpaired) electrons. The van der Waals surface area contributed by atoms with Gasteiger partial charge in [0.15, 0.2) is 11.6 Å². The van der Waals surface area contributed by atoms with Gasteiger partial charge >= 0.3 is 0 Å². The quantitative estimate of drug-likeness (QED) is 0.906. The second-order valence-corrected chi connectivity index (χ2v) is 3.95. The number of aliphatic hydroxyl groups is 1. The zero-order chi connectivity index (χ0) is 13.1. The van der Waals surface area contributed by atoms with Crippen LogP contribution < -0.4 is 4.74 Å².